The number of aliphatic hydroxyl groups excluding tert-OH is 1. The molecule has 0 aliphatic carbocycles. The van der Waals surface area contributed by atoms with Gasteiger partial charge in [-0.15, -0.1) is 0 Å². The monoisotopic (exact) mass is 885 g/mol. The fourth-order valence-electron chi connectivity index (χ4n) is 8.62. The molecule has 1 aromatic heterocycles. The lowest BCUT2D eigenvalue weighted by atomic mass is 9.86. The molecule has 342 valence electrons. The number of Topliss-reactive ketones (excluding diaryl/α,β-unsaturated/α-hetero) is 1. The highest BCUT2D eigenvalue weighted by atomic mass is 16.7. The summed E-state index contributed by atoms with van der Waals surface area (Å²) >= 11 is 0. The molecule has 7 bridgehead atoms. The van der Waals surface area contributed by atoms with Crippen LogP contribution in [0.2, 0.25) is 0 Å². The maximum atomic E-state index is 14.8. The van der Waals surface area contributed by atoms with Crippen LogP contribution in [0.25, 0.3) is 33.0 Å². The lowest BCUT2D eigenvalue weighted by molar-refractivity contribution is -0.168. The fraction of sp³-hybridized carbons (Fsp3) is 0.468. The van der Waals surface area contributed by atoms with Crippen molar-refractivity contribution in [2.75, 3.05) is 46.8 Å². The number of fused-ring (bicyclic) bond motifs is 9. The number of ether oxygens (including phenoxy) is 7. The molecule has 1 fully saturated rings. The summed E-state index contributed by atoms with van der Waals surface area (Å²) < 4.78 is 48.6. The molecule has 0 spiro atoms. The number of nitrogens with zero attached hydrogens (tertiary/aromatic N) is 2. The smallest absolute Gasteiger partial charge is 0.312 e. The van der Waals surface area contributed by atoms with E-state index in [0.717, 1.165) is 0 Å². The average molecular weight is 886 g/mol. The molecule has 1 saturated heterocycles. The van der Waals surface area contributed by atoms with Gasteiger partial charge in [-0.05, 0) is 34.0 Å². The number of hydrogen-bond donors (Lipinski definition) is 3. The van der Waals surface area contributed by atoms with E-state index >= 15 is 0 Å². The maximum absolute atomic E-state index is 14.8. The summed E-state index contributed by atoms with van der Waals surface area (Å²) in [5, 5.41) is 26.0. The van der Waals surface area contributed by atoms with E-state index in [1.165, 1.54) is 47.3 Å². The number of phenols is 1. The average Bonchev–Trinajstić information content (AvgIpc) is 3.69. The molecule has 17 nitrogen and oxygen atoms in total. The number of carbonyl (C=O) groups excluding carboxylic acids is 3. The van der Waals surface area contributed by atoms with Crippen LogP contribution in [0.5, 0.6) is 23.0 Å². The van der Waals surface area contributed by atoms with E-state index in [0.29, 0.717) is 18.9 Å². The number of allylic oxidation sites excluding steroid dienone is 2. The summed E-state index contributed by atoms with van der Waals surface area (Å²) in [5.41, 5.74) is -0.820. The molecule has 4 aliphatic heterocycles. The summed E-state index contributed by atoms with van der Waals surface area (Å²) in [4.78, 5) is 62.6. The number of nitrogens with one attached hydrogen (secondary N) is 1. The largest absolute Gasteiger partial charge is 0.505 e. The molecule has 4 aliphatic rings. The summed E-state index contributed by atoms with van der Waals surface area (Å²) in [5.74, 6) is -5.49. The Bertz CT molecular complexity index is 2690. The third-order valence-corrected chi connectivity index (χ3v) is 12.3. The van der Waals surface area contributed by atoms with Gasteiger partial charge in [0.05, 0.1) is 42.6 Å². The first-order valence-corrected chi connectivity index (χ1v) is 21.0. The number of ketones is 1. The first kappa shape index (κ1) is 46.0. The van der Waals surface area contributed by atoms with Crippen LogP contribution >= 0.6 is 0 Å². The number of esters is 1. The van der Waals surface area contributed by atoms with Crippen molar-refractivity contribution < 1.29 is 62.2 Å². The summed E-state index contributed by atoms with van der Waals surface area (Å²) in [7, 11) is 6.71. The molecule has 8 rings (SSSR count). The molecule has 17 heteroatoms. The van der Waals surface area contributed by atoms with Gasteiger partial charge in [0.2, 0.25) is 0 Å². The molecule has 0 saturated carbocycles. The standard InChI is InChI=1S/C47H55N3O14/c1-21-13-12-14-22(2)46(56)49-36-39(54)32-31(35-43(36)62-30-20-27(59-18-16-50(8)9)19-29(58-11)34(30)48-35)33-41(24(4)37(32)52)64-47(7,45(33)55)60-17-15-28(57-10)23(3)42(61-26(6)51)44-38(53)25(5)40(21)63-44/h12-15,17,19-21,23,25,28,38,40,42,44,53-54H,16,18H2,1-11H3,(H,49,56)/b13-12+,17-15+,22-14-/t21-,23+,25-,28-,38+,40-,42+,44+,47-/m0/s1. The van der Waals surface area contributed by atoms with E-state index in [4.69, 9.17) is 42.6 Å². The molecule has 9 atom stereocenters. The zero-order valence-electron chi connectivity index (χ0n) is 37.8. The minimum absolute atomic E-state index is 0.0195. The molecule has 3 aromatic carbocycles. The highest BCUT2D eigenvalue weighted by molar-refractivity contribution is 6.26. The topological polar surface area (TPSA) is 215 Å². The number of methoxy groups -OCH3 is 2. The zero-order chi connectivity index (χ0) is 46.5. The number of carbonyl (C=O) groups is 3. The molecule has 4 aromatic rings. The van der Waals surface area contributed by atoms with E-state index < -0.39 is 77.0 Å². The quantitative estimate of drug-likeness (QED) is 0.0876. The SMILES string of the molecule is COc1cc(OCCN(C)C)cc2oc3c4c(O)c5c(=O)c(C)c6c(c5c3nc12)C(=O)[C@@](C)(O/C=C/[C@H](OC)[C@@H](C)[C@@H](OC(C)=O)[C@@H]1O[C@H]([C@@H](C)[C@H]1O)[C@@H](C)/C=C/C=C(/C)C(=O)N4)O6. The third kappa shape index (κ3) is 8.17. The maximum Gasteiger partial charge on any atom is 0.312 e. The Morgan fingerprint density at radius 3 is 2.42 bits per heavy atom. The Labute approximate surface area is 369 Å². The Morgan fingerprint density at radius 2 is 1.75 bits per heavy atom. The van der Waals surface area contributed by atoms with Crippen LogP contribution < -0.4 is 25.0 Å². The van der Waals surface area contributed by atoms with Gasteiger partial charge >= 0.3 is 11.8 Å². The Kier molecular flexibility index (Phi) is 12.8. The predicted molar refractivity (Wildman–Crippen MR) is 236 cm³/mol. The van der Waals surface area contributed by atoms with Crippen LogP contribution in [0.3, 0.4) is 0 Å². The summed E-state index contributed by atoms with van der Waals surface area (Å²) in [6.07, 6.45) is 3.53. The molecular weight excluding hydrogens is 831 g/mol. The number of benzene rings is 3. The Morgan fingerprint density at radius 1 is 1.02 bits per heavy atom. The first-order chi connectivity index (χ1) is 30.3. The molecular formula is C47H55N3O14. The van der Waals surface area contributed by atoms with Crippen LogP contribution in [-0.4, -0.2) is 116 Å². The molecule has 3 N–H and O–H groups in total. The first-order valence-electron chi connectivity index (χ1n) is 21.0. The number of aromatic nitrogens is 1. The van der Waals surface area contributed by atoms with Gasteiger partial charge in [0, 0.05) is 73.9 Å². The molecule has 64 heavy (non-hydrogen) atoms. The van der Waals surface area contributed by atoms with Crippen LogP contribution in [0.15, 0.2) is 57.5 Å². The van der Waals surface area contributed by atoms with Crippen molar-refractivity contribution in [2.24, 2.45) is 17.8 Å². The van der Waals surface area contributed by atoms with Crippen molar-refractivity contribution in [1.29, 1.82) is 0 Å². The number of rotatable bonds is 7. The number of phenolic OH excluding ortho intramolecular Hbond substituents is 1. The van der Waals surface area contributed by atoms with Gasteiger partial charge in [0.1, 0.15) is 47.0 Å². The van der Waals surface area contributed by atoms with Gasteiger partial charge in [0.25, 0.3) is 11.7 Å². The normalized spacial score (nSPS) is 29.2. The van der Waals surface area contributed by atoms with Crippen molar-refractivity contribution in [3.05, 3.63) is 69.6 Å². The van der Waals surface area contributed by atoms with Crippen LogP contribution in [0.4, 0.5) is 5.69 Å². The number of amides is 1. The van der Waals surface area contributed by atoms with Crippen molar-refractivity contribution in [1.82, 2.24) is 9.88 Å². The molecule has 5 heterocycles. The second-order valence-electron chi connectivity index (χ2n) is 17.1. The Hall–Kier alpha value is -6.01. The van der Waals surface area contributed by atoms with E-state index in [9.17, 15) is 29.4 Å². The predicted octanol–water partition coefficient (Wildman–Crippen LogP) is 5.72. The minimum Gasteiger partial charge on any atom is -0.505 e. The van der Waals surface area contributed by atoms with E-state index in [-0.39, 0.29) is 72.8 Å². The number of aliphatic hydroxyl groups is 1. The zero-order valence-corrected chi connectivity index (χ0v) is 37.8. The molecule has 1 amide bonds. The second kappa shape index (κ2) is 17.9. The number of likely N-dealkylation sites (N-methyl/N-ethyl adjacent to an activating group) is 1. The fourth-order valence-corrected chi connectivity index (χ4v) is 8.62. The van der Waals surface area contributed by atoms with Gasteiger partial charge in [-0.1, -0.05) is 39.0 Å². The van der Waals surface area contributed by atoms with Gasteiger partial charge in [0.15, 0.2) is 28.1 Å². The second-order valence-corrected chi connectivity index (χ2v) is 17.1. The van der Waals surface area contributed by atoms with Crippen LogP contribution in [-0.2, 0) is 28.5 Å². The third-order valence-electron chi connectivity index (χ3n) is 12.3. The molecule has 0 radical (unpaired) electrons. The molecule has 0 unspecified atom stereocenters. The lowest BCUT2D eigenvalue weighted by Crippen LogP contribution is -2.46. The number of hydrogen-bond acceptors (Lipinski definition) is 16. The van der Waals surface area contributed by atoms with Gasteiger partial charge in [-0.2, -0.15) is 0 Å². The number of anilines is 1. The van der Waals surface area contributed by atoms with Gasteiger partial charge in [-0.25, -0.2) is 4.98 Å². The van der Waals surface area contributed by atoms with E-state index in [1.54, 1.807) is 38.1 Å². The summed E-state index contributed by atoms with van der Waals surface area (Å²) in [6, 6.07) is 3.21. The van der Waals surface area contributed by atoms with E-state index in [1.807, 2.05) is 38.9 Å². The highest BCUT2D eigenvalue weighted by Gasteiger charge is 2.51. The lowest BCUT2D eigenvalue weighted by Gasteiger charge is -2.33. The van der Waals surface area contributed by atoms with Gasteiger partial charge < -0.3 is 58.0 Å². The van der Waals surface area contributed by atoms with Crippen LogP contribution in [0, 0.1) is 24.7 Å². The minimum atomic E-state index is -2.06. The van der Waals surface area contributed by atoms with Crippen molar-refractivity contribution in [2.45, 2.75) is 84.8 Å². The highest BCUT2D eigenvalue weighted by Crippen LogP contribution is 2.49. The number of aromatic hydroxyl groups is 1. The Balaban J connectivity index is 1.46. The van der Waals surface area contributed by atoms with Gasteiger partial charge in [-0.3, -0.25) is 19.2 Å². The van der Waals surface area contributed by atoms with Crippen molar-refractivity contribution in [3.63, 3.8) is 0 Å². The van der Waals surface area contributed by atoms with Crippen molar-refractivity contribution >= 4 is 56.3 Å². The van der Waals surface area contributed by atoms with Crippen LogP contribution in [0.1, 0.15) is 57.5 Å². The van der Waals surface area contributed by atoms with Crippen molar-refractivity contribution in [3.8, 4) is 23.0 Å². The summed E-state index contributed by atoms with van der Waals surface area (Å²) in [6.45, 7) is 12.1. The van der Waals surface area contributed by atoms with E-state index in [2.05, 4.69) is 5.32 Å².